The molecule has 0 saturated carbocycles. The van der Waals surface area contributed by atoms with Crippen molar-refractivity contribution in [3.05, 3.63) is 142 Å². The number of rotatable bonds is 13. The van der Waals surface area contributed by atoms with E-state index in [-0.39, 0.29) is 113 Å². The first kappa shape index (κ1) is 84.6. The molecule has 7 saturated heterocycles. The molecule has 0 aromatic heterocycles. The number of likely N-dealkylation sites (tertiary alicyclic amines) is 3. The molecule has 29 heteroatoms. The average Bonchev–Trinajstić information content (AvgIpc) is 1.64. The van der Waals surface area contributed by atoms with Gasteiger partial charge >= 0.3 is 38.9 Å². The summed E-state index contributed by atoms with van der Waals surface area (Å²) >= 11 is 4.92. The Kier molecular flexibility index (Phi) is 31.2. The number of carbonyl (C=O) groups excluding carboxylic acids is 3. The van der Waals surface area contributed by atoms with Gasteiger partial charge in [-0.3, -0.25) is 25.5 Å². The van der Waals surface area contributed by atoms with Gasteiger partial charge in [0, 0.05) is 117 Å². The molecule has 0 aliphatic carbocycles. The summed E-state index contributed by atoms with van der Waals surface area (Å²) in [6, 6.07) is 33.9. The van der Waals surface area contributed by atoms with Crippen LogP contribution in [0.25, 0.3) is 0 Å². The van der Waals surface area contributed by atoms with Gasteiger partial charge < -0.3 is 68.5 Å². The molecule has 7 heterocycles. The fraction of sp³-hybridized carbons (Fsp3) is 0.535. The minimum Gasteiger partial charge on any atom is -0.414 e. The van der Waals surface area contributed by atoms with Crippen LogP contribution in [0.5, 0.6) is 11.5 Å². The number of carbonyl (C=O) groups is 3. The van der Waals surface area contributed by atoms with E-state index in [1.807, 2.05) is 121 Å². The number of amides is 3. The van der Waals surface area contributed by atoms with Gasteiger partial charge in [0.15, 0.2) is 0 Å². The van der Waals surface area contributed by atoms with Crippen LogP contribution < -0.4 is 47.5 Å². The van der Waals surface area contributed by atoms with Crippen molar-refractivity contribution in [3.8, 4) is 11.5 Å². The molecule has 24 nitrogen and oxygen atoms in total. The quantitative estimate of drug-likeness (QED) is 0.0280. The zero-order valence-electron chi connectivity index (χ0n) is 58.6. The van der Waals surface area contributed by atoms with Crippen molar-refractivity contribution in [2.45, 2.75) is 195 Å². The van der Waals surface area contributed by atoms with E-state index in [1.165, 1.54) is 126 Å². The molecule has 7 aliphatic rings. The molecule has 100 heavy (non-hydrogen) atoms. The Morgan fingerprint density at radius 3 is 1.24 bits per heavy atom. The van der Waals surface area contributed by atoms with Gasteiger partial charge in [0.1, 0.15) is 11.5 Å². The van der Waals surface area contributed by atoms with Crippen molar-refractivity contribution in [3.63, 3.8) is 0 Å². The van der Waals surface area contributed by atoms with Crippen molar-refractivity contribution in [1.29, 1.82) is 0 Å². The van der Waals surface area contributed by atoms with E-state index in [0.29, 0.717) is 11.7 Å². The summed E-state index contributed by atoms with van der Waals surface area (Å²) in [5.41, 5.74) is 7.27. The minimum absolute atomic E-state index is 0. The zero-order valence-corrected chi connectivity index (χ0v) is 62.2. The molecule has 0 spiro atoms. The van der Waals surface area contributed by atoms with Crippen molar-refractivity contribution in [1.82, 2.24) is 20.0 Å². The summed E-state index contributed by atoms with van der Waals surface area (Å²) < 4.78 is 45.6. The molecule has 0 unspecified atom stereocenters. The number of benzene rings is 5. The third-order valence-corrected chi connectivity index (χ3v) is 19.6. The standard InChI is InChI=1S/C22H34BN3O3.C19H21BN2O6.C12H18BNO2.C9H18N2.C7H4ClNO4.2CH4.Y/c1-21(2)22(3,4)29-23(28-21)17-9-11-18(12-10-17)24-20(27)26-15-7-8-19(26)16-25-13-5-6-14-25;1-18(2)19(3,4)28-20(27-18)13-5-7-14(8-6-13)21-17(23)26-16-11-9-15(10-12-16)22(24)25;1-11(2)12(3,4)16-13(15-11)9-5-7-10(14)8-6-9;1-2-7-11(6-1)8-9-4-3-5-10-9;8-7(10)13-6-3-1-5(2-4-6)9(11)12;;;/h9-12,19H,5-8,13-16H2,1-4H3,(H,24,27);5-12H,1-4H3,(H,21,23);5-8H,14H2,1-4H3;9-10H,1-8H2;1-4H;2*1H4;/t19-;;;9-;;;;/m0..0..../s1. The van der Waals surface area contributed by atoms with Crippen molar-refractivity contribution in [2.24, 2.45) is 0 Å². The van der Waals surface area contributed by atoms with E-state index < -0.39 is 39.7 Å². The predicted molar refractivity (Wildman–Crippen MR) is 393 cm³/mol. The number of non-ortho nitro benzene ring substituents is 2. The van der Waals surface area contributed by atoms with Gasteiger partial charge in [-0.25, -0.2) is 14.4 Å². The number of nitro benzene ring substituents is 2. The number of halogens is 1. The zero-order chi connectivity index (χ0) is 70.5. The van der Waals surface area contributed by atoms with Crippen molar-refractivity contribution in [2.75, 3.05) is 68.7 Å². The maximum absolute atomic E-state index is 12.9. The number of nitrogens with two attached hydrogens (primary N) is 1. The van der Waals surface area contributed by atoms with Gasteiger partial charge in [-0.2, -0.15) is 0 Å². The molecule has 3 amide bonds. The molecule has 5 aromatic rings. The number of nitro groups is 2. The number of hydrogen-bond donors (Lipinski definition) is 4. The summed E-state index contributed by atoms with van der Waals surface area (Å²) in [5.74, 6) is 0.377. The summed E-state index contributed by atoms with van der Waals surface area (Å²) in [6.07, 6.45) is 9.70. The summed E-state index contributed by atoms with van der Waals surface area (Å²) in [7, 11) is -1.16. The van der Waals surface area contributed by atoms with Crippen molar-refractivity contribution < 1.29 is 94.3 Å². The second-order valence-electron chi connectivity index (χ2n) is 28.3. The third-order valence-electron chi connectivity index (χ3n) is 19.5. The number of nitrogens with one attached hydrogen (secondary N) is 3. The van der Waals surface area contributed by atoms with Gasteiger partial charge in [0.05, 0.1) is 43.5 Å². The van der Waals surface area contributed by atoms with Gasteiger partial charge in [-0.05, 0) is 244 Å². The Labute approximate surface area is 622 Å². The molecule has 5 N–H and O–H groups in total. The maximum Gasteiger partial charge on any atom is 0.494 e. The second-order valence-corrected chi connectivity index (χ2v) is 28.6. The average molecular weight is 1480 g/mol. The van der Waals surface area contributed by atoms with Crippen LogP contribution >= 0.6 is 11.6 Å². The summed E-state index contributed by atoms with van der Waals surface area (Å²) in [5, 5.41) is 30.1. The SMILES string of the molecule is C.C.C1CN[C@H](CN2CCCC2)C1.CC1(C)OB(c2ccc(N)cc2)OC1(C)C.CC1(C)OB(c2ccc(NC(=O)N3CCC[C@H]3CN3CCCC3)cc2)OC1(C)C.CC1(C)OB(c2ccc(NC(=O)Oc3ccc([N+](=O)[O-])cc3)cc2)OC1(C)C.O=C(Cl)Oc1ccc([N+](=O)[O-])cc1.[Y]. The van der Waals surface area contributed by atoms with Crippen molar-refractivity contribution >= 4 is 95.3 Å². The number of urea groups is 1. The van der Waals surface area contributed by atoms with Gasteiger partial charge in [-0.15, -0.1) is 0 Å². The van der Waals surface area contributed by atoms with Gasteiger partial charge in [0.25, 0.3) is 11.4 Å². The van der Waals surface area contributed by atoms with E-state index in [1.54, 1.807) is 12.1 Å². The van der Waals surface area contributed by atoms with Gasteiger partial charge in [0.2, 0.25) is 0 Å². The van der Waals surface area contributed by atoms with E-state index in [9.17, 15) is 34.6 Å². The van der Waals surface area contributed by atoms with Crippen LogP contribution in [0.1, 0.15) is 149 Å². The Balaban J connectivity index is 0.000000235. The van der Waals surface area contributed by atoms with Gasteiger partial charge in [-0.1, -0.05) is 51.3 Å². The molecule has 5 aromatic carbocycles. The van der Waals surface area contributed by atoms with E-state index >= 15 is 0 Å². The fourth-order valence-electron chi connectivity index (χ4n) is 11.6. The van der Waals surface area contributed by atoms with Crippen LogP contribution in [0.2, 0.25) is 0 Å². The molecule has 12 rings (SSSR count). The third kappa shape index (κ3) is 23.5. The molecule has 541 valence electrons. The normalized spacial score (nSPS) is 20.9. The van der Waals surface area contributed by atoms with E-state index in [0.717, 1.165) is 59.7 Å². The first-order valence-corrected chi connectivity index (χ1v) is 33.8. The van der Waals surface area contributed by atoms with E-state index in [4.69, 9.17) is 50.0 Å². The Hall–Kier alpha value is -6.06. The first-order valence-electron chi connectivity index (χ1n) is 33.4. The number of anilines is 3. The number of ether oxygens (including phenoxy) is 2. The second kappa shape index (κ2) is 36.9. The van der Waals surface area contributed by atoms with Crippen LogP contribution in [0.3, 0.4) is 0 Å². The maximum atomic E-state index is 12.9. The molecular weight excluding hydrogens is 1380 g/mol. The summed E-state index contributed by atoms with van der Waals surface area (Å²) in [4.78, 5) is 62.0. The minimum atomic E-state index is -0.978. The van der Waals surface area contributed by atoms with Crippen LogP contribution in [0.4, 0.5) is 42.8 Å². The van der Waals surface area contributed by atoms with Crippen LogP contribution in [-0.4, -0.2) is 162 Å². The Bertz CT molecular complexity index is 3380. The topological polar surface area (TPSA) is 283 Å². The summed E-state index contributed by atoms with van der Waals surface area (Å²) in [6.45, 7) is 33.8. The van der Waals surface area contributed by atoms with Crippen LogP contribution in [-0.2, 0) is 60.6 Å². The Morgan fingerprint density at radius 2 is 0.880 bits per heavy atom. The molecular formula is C71H103B3ClN9O15Y. The largest absolute Gasteiger partial charge is 0.494 e. The van der Waals surface area contributed by atoms with E-state index in [2.05, 4.69) is 58.2 Å². The first-order chi connectivity index (χ1) is 45.7. The monoisotopic (exact) mass is 1480 g/mol. The molecule has 0 bridgehead atoms. The Morgan fingerprint density at radius 1 is 0.520 bits per heavy atom. The molecule has 1 radical (unpaired) electrons. The number of nitrogens with zero attached hydrogens (tertiary/aromatic N) is 5. The molecule has 7 fully saturated rings. The smallest absolute Gasteiger partial charge is 0.414 e. The van der Waals surface area contributed by atoms with Crippen LogP contribution in [0.15, 0.2) is 121 Å². The molecule has 7 aliphatic heterocycles. The number of nitrogen functional groups attached to an aromatic ring is 1. The molecule has 2 atom stereocenters. The number of hydrogen-bond acceptors (Lipinski definition) is 19. The fourth-order valence-corrected chi connectivity index (χ4v) is 11.7. The van der Waals surface area contributed by atoms with Crippen LogP contribution in [0, 0.1) is 20.2 Å². The predicted octanol–water partition coefficient (Wildman–Crippen LogP) is 12.6.